The average Bonchev–Trinajstić information content (AvgIpc) is 2.79. The van der Waals surface area contributed by atoms with Gasteiger partial charge in [-0.15, -0.1) is 0 Å². The zero-order valence-electron chi connectivity index (χ0n) is 17.6. The number of nitrogens with one attached hydrogen (secondary N) is 4. The Balaban J connectivity index is 1.64. The van der Waals surface area contributed by atoms with Gasteiger partial charge >= 0.3 is 11.9 Å². The van der Waals surface area contributed by atoms with Gasteiger partial charge in [-0.25, -0.2) is 4.79 Å². The molecule has 178 valence electrons. The number of aromatic amines is 1. The summed E-state index contributed by atoms with van der Waals surface area (Å²) in [5.41, 5.74) is 6.06. The van der Waals surface area contributed by atoms with Crippen LogP contribution in [0.4, 0.5) is 23.1 Å². The van der Waals surface area contributed by atoms with E-state index in [9.17, 15) is 24.0 Å². The van der Waals surface area contributed by atoms with Crippen LogP contribution < -0.4 is 32.1 Å². The third kappa shape index (κ3) is 5.48. The lowest BCUT2D eigenvalue weighted by atomic mass is 10.1. The molecule has 2 amide bonds. The van der Waals surface area contributed by atoms with Gasteiger partial charge in [0.05, 0.1) is 12.2 Å². The Morgan fingerprint density at radius 1 is 1.21 bits per heavy atom. The lowest BCUT2D eigenvalue weighted by Gasteiger charge is -2.26. The number of amides is 2. The number of carboxylic acid groups (broad SMARTS) is 2. The highest BCUT2D eigenvalue weighted by Crippen LogP contribution is 2.26. The molecule has 0 fully saturated rings. The van der Waals surface area contributed by atoms with E-state index in [0.717, 1.165) is 4.90 Å². The van der Waals surface area contributed by atoms with E-state index in [-0.39, 0.29) is 36.0 Å². The summed E-state index contributed by atoms with van der Waals surface area (Å²) in [4.78, 5) is 65.4. The molecule has 1 aliphatic rings. The van der Waals surface area contributed by atoms with Crippen molar-refractivity contribution < 1.29 is 29.4 Å². The quantitative estimate of drug-likeness (QED) is 0.224. The number of fused-ring (bicyclic) bond motifs is 1. The molecule has 0 bridgehead atoms. The second-order valence-corrected chi connectivity index (χ2v) is 7.13. The Morgan fingerprint density at radius 2 is 1.91 bits per heavy atom. The Morgan fingerprint density at radius 3 is 2.53 bits per heavy atom. The lowest BCUT2D eigenvalue weighted by Crippen LogP contribution is -2.41. The van der Waals surface area contributed by atoms with Crippen molar-refractivity contribution >= 4 is 47.4 Å². The van der Waals surface area contributed by atoms with Crippen molar-refractivity contribution in [3.8, 4) is 0 Å². The summed E-state index contributed by atoms with van der Waals surface area (Å²) >= 11 is 0. The van der Waals surface area contributed by atoms with E-state index in [1.165, 1.54) is 18.3 Å². The minimum absolute atomic E-state index is 0.00796. The van der Waals surface area contributed by atoms with Crippen molar-refractivity contribution in [1.82, 2.24) is 15.3 Å². The number of hydrogen-bond acceptors (Lipinski definition) is 9. The summed E-state index contributed by atoms with van der Waals surface area (Å²) in [6.07, 6.45) is 1.31. The Bertz CT molecular complexity index is 1210. The first-order valence-corrected chi connectivity index (χ1v) is 9.89. The molecule has 34 heavy (non-hydrogen) atoms. The van der Waals surface area contributed by atoms with Crippen molar-refractivity contribution in [3.05, 3.63) is 52.1 Å². The van der Waals surface area contributed by atoms with Crippen LogP contribution in [0.25, 0.3) is 0 Å². The number of nitrogens with two attached hydrogens (primary N) is 1. The van der Waals surface area contributed by atoms with Gasteiger partial charge in [0, 0.05) is 23.9 Å². The minimum Gasteiger partial charge on any atom is -0.481 e. The number of benzene rings is 1. The molecule has 1 aliphatic heterocycles. The smallest absolute Gasteiger partial charge is 0.326 e. The summed E-state index contributed by atoms with van der Waals surface area (Å²) in [5.74, 6) is -3.13. The number of nitrogen functional groups attached to an aromatic ring is 1. The largest absolute Gasteiger partial charge is 0.481 e. The van der Waals surface area contributed by atoms with Crippen molar-refractivity contribution in [2.75, 3.05) is 27.8 Å². The topological polar surface area (TPSA) is 220 Å². The molecule has 14 nitrogen and oxygen atoms in total. The van der Waals surface area contributed by atoms with Gasteiger partial charge in [-0.2, -0.15) is 4.98 Å². The molecular formula is C20H21N7O7. The predicted octanol–water partition coefficient (Wildman–Crippen LogP) is -0.258. The van der Waals surface area contributed by atoms with Crippen LogP contribution in [-0.2, 0) is 14.4 Å². The normalized spacial score (nSPS) is 13.1. The van der Waals surface area contributed by atoms with Crippen LogP contribution in [0.2, 0.25) is 0 Å². The number of carboxylic acids is 2. The number of carbonyl (C=O) groups excluding carboxylic acids is 2. The molecule has 14 heteroatoms. The van der Waals surface area contributed by atoms with Crippen LogP contribution in [0.3, 0.4) is 0 Å². The molecule has 0 saturated heterocycles. The second-order valence-electron chi connectivity index (χ2n) is 7.13. The maximum atomic E-state index is 12.3. The number of anilines is 4. The first-order chi connectivity index (χ1) is 16.2. The summed E-state index contributed by atoms with van der Waals surface area (Å²) in [7, 11) is 0. The fourth-order valence-electron chi connectivity index (χ4n) is 3.13. The maximum Gasteiger partial charge on any atom is 0.326 e. The van der Waals surface area contributed by atoms with Gasteiger partial charge in [0.25, 0.3) is 11.5 Å². The zero-order valence-corrected chi connectivity index (χ0v) is 17.6. The number of rotatable bonds is 10. The van der Waals surface area contributed by atoms with Crippen molar-refractivity contribution in [1.29, 1.82) is 0 Å². The maximum absolute atomic E-state index is 12.3. The minimum atomic E-state index is -1.34. The van der Waals surface area contributed by atoms with Crippen LogP contribution in [0.1, 0.15) is 23.2 Å². The Kier molecular flexibility index (Phi) is 7.10. The molecule has 3 rings (SSSR count). The van der Waals surface area contributed by atoms with E-state index in [0.29, 0.717) is 17.8 Å². The average molecular weight is 471 g/mol. The fourth-order valence-corrected chi connectivity index (χ4v) is 3.13. The van der Waals surface area contributed by atoms with Gasteiger partial charge in [-0.1, -0.05) is 0 Å². The predicted molar refractivity (Wildman–Crippen MR) is 120 cm³/mol. The highest BCUT2D eigenvalue weighted by Gasteiger charge is 2.25. The third-order valence-corrected chi connectivity index (χ3v) is 4.82. The molecule has 0 spiro atoms. The first kappa shape index (κ1) is 23.8. The number of hydrogen-bond donors (Lipinski definition) is 7. The number of nitrogens with zero attached hydrogens (tertiary/aromatic N) is 2. The SMILES string of the molecule is Nc1nc2c(c(=O)[nH]1)N(C=O)C(CNc1ccc(C(=O)N[C@@H](CCC(=O)O)C(=O)O)cc1)=CN2. The van der Waals surface area contributed by atoms with Crippen LogP contribution in [0.5, 0.6) is 0 Å². The highest BCUT2D eigenvalue weighted by atomic mass is 16.4. The van der Waals surface area contributed by atoms with Gasteiger partial charge in [-0.3, -0.25) is 29.1 Å². The van der Waals surface area contributed by atoms with E-state index >= 15 is 0 Å². The van der Waals surface area contributed by atoms with E-state index in [1.54, 1.807) is 12.1 Å². The molecule has 0 saturated carbocycles. The molecule has 0 radical (unpaired) electrons. The fraction of sp³-hybridized carbons (Fsp3) is 0.200. The van der Waals surface area contributed by atoms with E-state index in [1.807, 2.05) is 0 Å². The molecule has 2 aromatic rings. The highest BCUT2D eigenvalue weighted by molar-refractivity contribution is 5.97. The van der Waals surface area contributed by atoms with Gasteiger partial charge in [-0.05, 0) is 30.7 Å². The molecular weight excluding hydrogens is 450 g/mol. The monoisotopic (exact) mass is 471 g/mol. The lowest BCUT2D eigenvalue weighted by molar-refractivity contribution is -0.140. The van der Waals surface area contributed by atoms with Crippen molar-refractivity contribution in [2.45, 2.75) is 18.9 Å². The van der Waals surface area contributed by atoms with Crippen LogP contribution in [0, 0.1) is 0 Å². The van der Waals surface area contributed by atoms with Crippen molar-refractivity contribution in [2.24, 2.45) is 0 Å². The second kappa shape index (κ2) is 10.2. The molecule has 0 unspecified atom stereocenters. The van der Waals surface area contributed by atoms with Gasteiger partial charge in [0.2, 0.25) is 12.4 Å². The van der Waals surface area contributed by atoms with E-state index in [4.69, 9.17) is 15.9 Å². The summed E-state index contributed by atoms with van der Waals surface area (Å²) < 4.78 is 0. The molecule has 1 aromatic carbocycles. The van der Waals surface area contributed by atoms with E-state index < -0.39 is 35.9 Å². The zero-order chi connectivity index (χ0) is 24.8. The Labute approximate surface area is 191 Å². The number of aromatic nitrogens is 2. The molecule has 2 heterocycles. The van der Waals surface area contributed by atoms with Gasteiger partial charge in [0.15, 0.2) is 11.5 Å². The van der Waals surface area contributed by atoms with Gasteiger partial charge < -0.3 is 31.9 Å². The summed E-state index contributed by atoms with van der Waals surface area (Å²) in [5, 5.41) is 26.0. The van der Waals surface area contributed by atoms with E-state index in [2.05, 4.69) is 25.9 Å². The standard InChI is InChI=1S/C20H21N7O7/c21-20-25-16-15(18(32)26-20)27(9-28)12(8-23-16)7-22-11-3-1-10(2-4-11)17(31)24-13(19(33)34)5-6-14(29)30/h1-4,8-9,13,22H,5-7H2,(H,24,31)(H,29,30)(H,33,34)(H4,21,23,25,26,32)/t13-/m0/s1. The molecule has 8 N–H and O–H groups in total. The molecule has 1 atom stereocenters. The Hall–Kier alpha value is -4.88. The number of H-pyrrole nitrogens is 1. The third-order valence-electron chi connectivity index (χ3n) is 4.82. The van der Waals surface area contributed by atoms with Crippen molar-refractivity contribution in [3.63, 3.8) is 0 Å². The van der Waals surface area contributed by atoms with Gasteiger partial charge in [0.1, 0.15) is 6.04 Å². The summed E-state index contributed by atoms with van der Waals surface area (Å²) in [6, 6.07) is 4.69. The number of aliphatic carboxylic acids is 2. The first-order valence-electron chi connectivity index (χ1n) is 9.89. The van der Waals surface area contributed by atoms with Crippen LogP contribution in [-0.4, -0.2) is 57.0 Å². The molecule has 0 aliphatic carbocycles. The molecule has 1 aromatic heterocycles. The van der Waals surface area contributed by atoms with Crippen LogP contribution >= 0.6 is 0 Å². The number of carbonyl (C=O) groups is 4. The summed E-state index contributed by atoms with van der Waals surface area (Å²) in [6.45, 7) is 0.122. The van der Waals surface area contributed by atoms with Crippen LogP contribution in [0.15, 0.2) is 41.0 Å².